The SMILES string of the molecule is CN(CCC(F)(F)F)C(=O)Cc1cccc(N)c1. The number of anilines is 1. The lowest BCUT2D eigenvalue weighted by molar-refractivity contribution is -0.143. The molecule has 0 unspecified atom stereocenters. The van der Waals surface area contributed by atoms with Gasteiger partial charge in [-0.15, -0.1) is 0 Å². The van der Waals surface area contributed by atoms with Crippen LogP contribution in [0.5, 0.6) is 0 Å². The Morgan fingerprint density at radius 1 is 1.39 bits per heavy atom. The zero-order valence-corrected chi connectivity index (χ0v) is 10.00. The van der Waals surface area contributed by atoms with Gasteiger partial charge in [-0.3, -0.25) is 4.79 Å². The number of amides is 1. The molecule has 0 saturated carbocycles. The first-order valence-electron chi connectivity index (χ1n) is 5.43. The highest BCUT2D eigenvalue weighted by atomic mass is 19.4. The van der Waals surface area contributed by atoms with Crippen LogP contribution in [-0.2, 0) is 11.2 Å². The number of carbonyl (C=O) groups is 1. The minimum absolute atomic E-state index is 0.0550. The second-order valence-electron chi connectivity index (χ2n) is 4.10. The maximum absolute atomic E-state index is 12.0. The van der Waals surface area contributed by atoms with E-state index in [1.807, 2.05) is 0 Å². The van der Waals surface area contributed by atoms with Gasteiger partial charge in [0.1, 0.15) is 0 Å². The van der Waals surface area contributed by atoms with Gasteiger partial charge in [0.15, 0.2) is 0 Å². The molecule has 0 spiro atoms. The van der Waals surface area contributed by atoms with Gasteiger partial charge in [0.2, 0.25) is 5.91 Å². The molecule has 0 fully saturated rings. The Morgan fingerprint density at radius 3 is 2.61 bits per heavy atom. The molecular formula is C12H15F3N2O. The van der Waals surface area contributed by atoms with E-state index in [0.717, 1.165) is 4.90 Å². The Kier molecular flexibility index (Phi) is 4.58. The largest absolute Gasteiger partial charge is 0.399 e. The van der Waals surface area contributed by atoms with Crippen LogP contribution in [0, 0.1) is 0 Å². The molecule has 1 amide bonds. The number of rotatable bonds is 4. The number of carbonyl (C=O) groups excluding carboxylic acids is 1. The van der Waals surface area contributed by atoms with Gasteiger partial charge in [-0.25, -0.2) is 0 Å². The van der Waals surface area contributed by atoms with Crippen LogP contribution in [0.4, 0.5) is 18.9 Å². The highest BCUT2D eigenvalue weighted by molar-refractivity contribution is 5.78. The van der Waals surface area contributed by atoms with E-state index >= 15 is 0 Å². The summed E-state index contributed by atoms with van der Waals surface area (Å²) in [4.78, 5) is 12.7. The van der Waals surface area contributed by atoms with Gasteiger partial charge >= 0.3 is 6.18 Å². The lowest BCUT2D eigenvalue weighted by Crippen LogP contribution is -2.31. The smallest absolute Gasteiger partial charge is 0.390 e. The summed E-state index contributed by atoms with van der Waals surface area (Å²) in [6.07, 6.45) is -5.18. The Labute approximate surface area is 103 Å². The van der Waals surface area contributed by atoms with Crippen LogP contribution in [0.1, 0.15) is 12.0 Å². The van der Waals surface area contributed by atoms with Gasteiger partial charge in [0.25, 0.3) is 0 Å². The summed E-state index contributed by atoms with van der Waals surface area (Å²) >= 11 is 0. The van der Waals surface area contributed by atoms with Crippen molar-refractivity contribution in [2.24, 2.45) is 0 Å². The van der Waals surface area contributed by atoms with Gasteiger partial charge in [0.05, 0.1) is 12.8 Å². The highest BCUT2D eigenvalue weighted by Crippen LogP contribution is 2.19. The summed E-state index contributed by atoms with van der Waals surface area (Å²) in [5.41, 5.74) is 6.77. The van der Waals surface area contributed by atoms with Crippen molar-refractivity contribution in [1.82, 2.24) is 4.90 Å². The molecular weight excluding hydrogens is 245 g/mol. The van der Waals surface area contributed by atoms with Crippen LogP contribution in [0.25, 0.3) is 0 Å². The van der Waals surface area contributed by atoms with Crippen molar-refractivity contribution >= 4 is 11.6 Å². The van der Waals surface area contributed by atoms with Crippen LogP contribution >= 0.6 is 0 Å². The zero-order chi connectivity index (χ0) is 13.8. The van der Waals surface area contributed by atoms with E-state index in [9.17, 15) is 18.0 Å². The molecule has 0 aromatic heterocycles. The van der Waals surface area contributed by atoms with E-state index in [1.165, 1.54) is 7.05 Å². The Bertz CT molecular complexity index is 418. The first-order valence-corrected chi connectivity index (χ1v) is 5.43. The molecule has 0 aliphatic rings. The molecule has 0 aliphatic heterocycles. The molecule has 1 rings (SSSR count). The third-order valence-corrected chi connectivity index (χ3v) is 2.46. The van der Waals surface area contributed by atoms with Gasteiger partial charge in [0, 0.05) is 19.3 Å². The van der Waals surface area contributed by atoms with Crippen LogP contribution in [-0.4, -0.2) is 30.6 Å². The molecule has 1 aromatic rings. The predicted octanol–water partition coefficient (Wildman–Crippen LogP) is 2.22. The third-order valence-electron chi connectivity index (χ3n) is 2.46. The summed E-state index contributed by atoms with van der Waals surface area (Å²) in [6, 6.07) is 6.73. The molecule has 18 heavy (non-hydrogen) atoms. The van der Waals surface area contributed by atoms with E-state index in [2.05, 4.69) is 0 Å². The number of nitrogens with two attached hydrogens (primary N) is 1. The quantitative estimate of drug-likeness (QED) is 0.844. The second-order valence-corrected chi connectivity index (χ2v) is 4.10. The van der Waals surface area contributed by atoms with Gasteiger partial charge in [-0.05, 0) is 17.7 Å². The molecule has 1 aromatic carbocycles. The van der Waals surface area contributed by atoms with E-state index < -0.39 is 12.6 Å². The average Bonchev–Trinajstić information content (AvgIpc) is 2.24. The second kappa shape index (κ2) is 5.75. The van der Waals surface area contributed by atoms with Crippen LogP contribution < -0.4 is 5.73 Å². The first kappa shape index (κ1) is 14.3. The fourth-order valence-electron chi connectivity index (χ4n) is 1.43. The van der Waals surface area contributed by atoms with Crippen molar-refractivity contribution in [3.05, 3.63) is 29.8 Å². The first-order chi connectivity index (χ1) is 8.28. The van der Waals surface area contributed by atoms with E-state index in [-0.39, 0.29) is 18.9 Å². The predicted molar refractivity (Wildman–Crippen MR) is 62.9 cm³/mol. The van der Waals surface area contributed by atoms with Crippen molar-refractivity contribution in [2.75, 3.05) is 19.3 Å². The molecule has 100 valence electrons. The van der Waals surface area contributed by atoms with Crippen molar-refractivity contribution in [3.63, 3.8) is 0 Å². The highest BCUT2D eigenvalue weighted by Gasteiger charge is 2.27. The van der Waals surface area contributed by atoms with Gasteiger partial charge in [-0.2, -0.15) is 13.2 Å². The molecule has 0 radical (unpaired) electrons. The molecule has 0 aliphatic carbocycles. The fraction of sp³-hybridized carbons (Fsp3) is 0.417. The zero-order valence-electron chi connectivity index (χ0n) is 10.00. The summed E-state index contributed by atoms with van der Waals surface area (Å²) in [7, 11) is 1.36. The van der Waals surface area contributed by atoms with Crippen molar-refractivity contribution in [2.45, 2.75) is 19.0 Å². The summed E-state index contributed by atoms with van der Waals surface area (Å²) in [5.74, 6) is -0.357. The Morgan fingerprint density at radius 2 is 2.06 bits per heavy atom. The third kappa shape index (κ3) is 5.07. The number of nitrogens with zero attached hydrogens (tertiary/aromatic N) is 1. The number of halogens is 3. The van der Waals surface area contributed by atoms with Crippen LogP contribution in [0.2, 0.25) is 0 Å². The maximum Gasteiger partial charge on any atom is 0.390 e. The molecule has 0 heterocycles. The average molecular weight is 260 g/mol. The molecule has 0 atom stereocenters. The van der Waals surface area contributed by atoms with E-state index in [1.54, 1.807) is 24.3 Å². The van der Waals surface area contributed by atoms with Crippen molar-refractivity contribution < 1.29 is 18.0 Å². The van der Waals surface area contributed by atoms with Gasteiger partial charge in [-0.1, -0.05) is 12.1 Å². The molecule has 2 N–H and O–H groups in total. The lowest BCUT2D eigenvalue weighted by atomic mass is 10.1. The van der Waals surface area contributed by atoms with Crippen LogP contribution in [0.3, 0.4) is 0 Å². The van der Waals surface area contributed by atoms with Crippen molar-refractivity contribution in [1.29, 1.82) is 0 Å². The van der Waals surface area contributed by atoms with E-state index in [0.29, 0.717) is 11.3 Å². The summed E-state index contributed by atoms with van der Waals surface area (Å²) in [6.45, 7) is -0.329. The summed E-state index contributed by atoms with van der Waals surface area (Å²) in [5, 5.41) is 0. The van der Waals surface area contributed by atoms with Crippen LogP contribution in [0.15, 0.2) is 24.3 Å². The molecule has 3 nitrogen and oxygen atoms in total. The molecule has 0 bridgehead atoms. The fourth-order valence-corrected chi connectivity index (χ4v) is 1.43. The van der Waals surface area contributed by atoms with Crippen molar-refractivity contribution in [3.8, 4) is 0 Å². The Balaban J connectivity index is 2.50. The topological polar surface area (TPSA) is 46.3 Å². The Hall–Kier alpha value is -1.72. The number of hydrogen-bond acceptors (Lipinski definition) is 2. The number of likely N-dealkylation sites (N-methyl/N-ethyl adjacent to an activating group) is 1. The molecule has 0 saturated heterocycles. The normalized spacial score (nSPS) is 11.3. The monoisotopic (exact) mass is 260 g/mol. The number of benzene rings is 1. The maximum atomic E-state index is 12.0. The standard InChI is InChI=1S/C12H15F3N2O/c1-17(6-5-12(13,14)15)11(18)8-9-3-2-4-10(16)7-9/h2-4,7H,5-6,8,16H2,1H3. The minimum atomic E-state index is -4.24. The number of nitrogen functional groups attached to an aromatic ring is 1. The lowest BCUT2D eigenvalue weighted by Gasteiger charge is -2.18. The van der Waals surface area contributed by atoms with E-state index in [4.69, 9.17) is 5.73 Å². The minimum Gasteiger partial charge on any atom is -0.399 e. The van der Waals surface area contributed by atoms with Gasteiger partial charge < -0.3 is 10.6 Å². The number of hydrogen-bond donors (Lipinski definition) is 1. The molecule has 6 heteroatoms. The number of alkyl halides is 3. The summed E-state index contributed by atoms with van der Waals surface area (Å²) < 4.78 is 36.0.